The summed E-state index contributed by atoms with van der Waals surface area (Å²) < 4.78 is 0. The van der Waals surface area contributed by atoms with E-state index in [9.17, 15) is 4.79 Å². The van der Waals surface area contributed by atoms with Crippen molar-refractivity contribution in [3.63, 3.8) is 0 Å². The largest absolute Gasteiger partial charge is 0.355 e. The molecule has 0 radical (unpaired) electrons. The number of hydrogen-bond acceptors (Lipinski definition) is 5. The third-order valence-corrected chi connectivity index (χ3v) is 3.78. The second-order valence-corrected chi connectivity index (χ2v) is 5.99. The molecule has 0 aliphatic rings. The number of benzene rings is 2. The monoisotopic (exact) mass is 347 g/mol. The minimum absolute atomic E-state index is 0.0902. The summed E-state index contributed by atoms with van der Waals surface area (Å²) in [7, 11) is 2.00. The van der Waals surface area contributed by atoms with Gasteiger partial charge in [-0.15, -0.1) is 0 Å². The Morgan fingerprint density at radius 2 is 1.69 bits per heavy atom. The molecule has 0 atom stereocenters. The molecule has 0 fully saturated rings. The number of anilines is 4. The fourth-order valence-electron chi connectivity index (χ4n) is 2.55. The summed E-state index contributed by atoms with van der Waals surface area (Å²) in [6.45, 7) is 2.25. The molecule has 1 heterocycles. The lowest BCUT2D eigenvalue weighted by atomic mass is 10.2. The number of nitrogens with one attached hydrogen (secondary N) is 2. The average Bonchev–Trinajstić information content (AvgIpc) is 2.64. The number of carbonyl (C=O) groups is 1. The maximum atomic E-state index is 11.1. The maximum absolute atomic E-state index is 11.1. The van der Waals surface area contributed by atoms with Gasteiger partial charge in [-0.3, -0.25) is 4.79 Å². The first-order valence-corrected chi connectivity index (χ1v) is 8.32. The van der Waals surface area contributed by atoms with Gasteiger partial charge in [0.15, 0.2) is 0 Å². The minimum Gasteiger partial charge on any atom is -0.355 e. The summed E-state index contributed by atoms with van der Waals surface area (Å²) in [4.78, 5) is 21.8. The molecule has 1 amide bonds. The highest BCUT2D eigenvalue weighted by atomic mass is 16.1. The van der Waals surface area contributed by atoms with Gasteiger partial charge in [0.05, 0.1) is 0 Å². The van der Waals surface area contributed by atoms with E-state index in [0.29, 0.717) is 5.82 Å². The number of carbonyl (C=O) groups excluding carboxylic acids is 1. The first kappa shape index (κ1) is 17.4. The fourth-order valence-corrected chi connectivity index (χ4v) is 2.55. The lowest BCUT2D eigenvalue weighted by Gasteiger charge is -2.18. The maximum Gasteiger partial charge on any atom is 0.221 e. The van der Waals surface area contributed by atoms with E-state index in [1.807, 2.05) is 55.6 Å². The molecule has 0 spiro atoms. The second kappa shape index (κ2) is 8.11. The Hall–Kier alpha value is -3.41. The van der Waals surface area contributed by atoms with Crippen molar-refractivity contribution in [3.05, 3.63) is 72.6 Å². The van der Waals surface area contributed by atoms with Gasteiger partial charge in [0.2, 0.25) is 5.91 Å². The molecule has 0 saturated carbocycles. The standard InChI is InChI=1S/C20H21N5O/c1-15(26)23-17-8-10-18(11-9-17)24-19-12-20(22-14-21-19)25(2)13-16-6-4-3-5-7-16/h3-12,14H,13H2,1-2H3,(H,23,26)(H,21,22,24). The molecule has 0 bridgehead atoms. The molecule has 6 heteroatoms. The molecule has 3 rings (SSSR count). The predicted octanol–water partition coefficient (Wildman–Crippen LogP) is 3.82. The van der Waals surface area contributed by atoms with Gasteiger partial charge in [-0.05, 0) is 29.8 Å². The third kappa shape index (κ3) is 4.80. The van der Waals surface area contributed by atoms with E-state index in [-0.39, 0.29) is 5.91 Å². The Labute approximate surface area is 152 Å². The van der Waals surface area contributed by atoms with Crippen LogP contribution in [0, 0.1) is 0 Å². The van der Waals surface area contributed by atoms with Gasteiger partial charge in [-0.25, -0.2) is 9.97 Å². The van der Waals surface area contributed by atoms with Crippen molar-refractivity contribution in [1.29, 1.82) is 0 Å². The molecule has 3 aromatic rings. The Morgan fingerprint density at radius 1 is 1.00 bits per heavy atom. The van der Waals surface area contributed by atoms with Crippen LogP contribution in [-0.4, -0.2) is 22.9 Å². The summed E-state index contributed by atoms with van der Waals surface area (Å²) in [6.07, 6.45) is 1.55. The normalized spacial score (nSPS) is 10.2. The third-order valence-electron chi connectivity index (χ3n) is 3.78. The van der Waals surface area contributed by atoms with Crippen LogP contribution in [0.1, 0.15) is 12.5 Å². The topological polar surface area (TPSA) is 70.2 Å². The molecule has 26 heavy (non-hydrogen) atoms. The van der Waals surface area contributed by atoms with Gasteiger partial charge in [-0.2, -0.15) is 0 Å². The molecule has 0 saturated heterocycles. The van der Waals surface area contributed by atoms with Crippen LogP contribution >= 0.6 is 0 Å². The lowest BCUT2D eigenvalue weighted by molar-refractivity contribution is -0.114. The van der Waals surface area contributed by atoms with Crippen LogP contribution in [0.5, 0.6) is 0 Å². The first-order valence-electron chi connectivity index (χ1n) is 8.32. The SMILES string of the molecule is CC(=O)Nc1ccc(Nc2cc(N(C)Cc3ccccc3)ncn2)cc1. The highest BCUT2D eigenvalue weighted by Gasteiger charge is 2.06. The quantitative estimate of drug-likeness (QED) is 0.709. The molecule has 2 N–H and O–H groups in total. The average molecular weight is 347 g/mol. The molecular formula is C20H21N5O. The number of rotatable bonds is 6. The molecule has 6 nitrogen and oxygen atoms in total. The minimum atomic E-state index is -0.0902. The van der Waals surface area contributed by atoms with Crippen LogP contribution in [-0.2, 0) is 11.3 Å². The highest BCUT2D eigenvalue weighted by Crippen LogP contribution is 2.20. The van der Waals surface area contributed by atoms with Crippen LogP contribution in [0.25, 0.3) is 0 Å². The van der Waals surface area contributed by atoms with E-state index < -0.39 is 0 Å². The number of amides is 1. The Bertz CT molecular complexity index is 865. The molecular weight excluding hydrogens is 326 g/mol. The molecule has 0 unspecified atom stereocenters. The van der Waals surface area contributed by atoms with Gasteiger partial charge in [-0.1, -0.05) is 30.3 Å². The van der Waals surface area contributed by atoms with Crippen molar-refractivity contribution in [2.45, 2.75) is 13.5 Å². The van der Waals surface area contributed by atoms with E-state index in [2.05, 4.69) is 37.6 Å². The lowest BCUT2D eigenvalue weighted by Crippen LogP contribution is -2.17. The van der Waals surface area contributed by atoms with Crippen molar-refractivity contribution in [2.24, 2.45) is 0 Å². The van der Waals surface area contributed by atoms with E-state index in [1.165, 1.54) is 12.5 Å². The fraction of sp³-hybridized carbons (Fsp3) is 0.150. The second-order valence-electron chi connectivity index (χ2n) is 5.99. The zero-order valence-corrected chi connectivity index (χ0v) is 14.8. The van der Waals surface area contributed by atoms with E-state index in [0.717, 1.165) is 23.7 Å². The zero-order chi connectivity index (χ0) is 18.4. The van der Waals surface area contributed by atoms with Crippen LogP contribution in [0.2, 0.25) is 0 Å². The number of hydrogen-bond donors (Lipinski definition) is 2. The van der Waals surface area contributed by atoms with Crippen LogP contribution in [0.4, 0.5) is 23.0 Å². The summed E-state index contributed by atoms with van der Waals surface area (Å²) >= 11 is 0. The van der Waals surface area contributed by atoms with Crippen molar-refractivity contribution in [1.82, 2.24) is 9.97 Å². The summed E-state index contributed by atoms with van der Waals surface area (Å²) in [5.74, 6) is 1.45. The van der Waals surface area contributed by atoms with Crippen LogP contribution in [0.15, 0.2) is 67.0 Å². The molecule has 1 aromatic heterocycles. The Morgan fingerprint density at radius 3 is 2.38 bits per heavy atom. The predicted molar refractivity (Wildman–Crippen MR) is 105 cm³/mol. The molecule has 2 aromatic carbocycles. The molecule has 0 aliphatic heterocycles. The highest BCUT2D eigenvalue weighted by molar-refractivity contribution is 5.88. The van der Waals surface area contributed by atoms with Gasteiger partial charge < -0.3 is 15.5 Å². The number of aromatic nitrogens is 2. The summed E-state index contributed by atoms with van der Waals surface area (Å²) in [5, 5.41) is 6.00. The first-order chi connectivity index (χ1) is 12.6. The van der Waals surface area contributed by atoms with E-state index >= 15 is 0 Å². The zero-order valence-electron chi connectivity index (χ0n) is 14.8. The van der Waals surface area contributed by atoms with Crippen molar-refractivity contribution in [2.75, 3.05) is 22.6 Å². The van der Waals surface area contributed by atoms with Crippen LogP contribution < -0.4 is 15.5 Å². The Balaban J connectivity index is 1.68. The Kier molecular flexibility index (Phi) is 5.43. The van der Waals surface area contributed by atoms with Crippen LogP contribution in [0.3, 0.4) is 0 Å². The van der Waals surface area contributed by atoms with Gasteiger partial charge in [0.25, 0.3) is 0 Å². The number of nitrogens with zero attached hydrogens (tertiary/aromatic N) is 3. The van der Waals surface area contributed by atoms with Crippen molar-refractivity contribution >= 4 is 28.9 Å². The summed E-state index contributed by atoms with van der Waals surface area (Å²) in [6, 6.07) is 19.6. The van der Waals surface area contributed by atoms with E-state index in [1.54, 1.807) is 6.33 Å². The smallest absolute Gasteiger partial charge is 0.221 e. The van der Waals surface area contributed by atoms with Gasteiger partial charge >= 0.3 is 0 Å². The molecule has 0 aliphatic carbocycles. The summed E-state index contributed by atoms with van der Waals surface area (Å²) in [5.41, 5.74) is 2.86. The van der Waals surface area contributed by atoms with E-state index in [4.69, 9.17) is 0 Å². The molecule has 132 valence electrons. The van der Waals surface area contributed by atoms with Crippen molar-refractivity contribution < 1.29 is 4.79 Å². The van der Waals surface area contributed by atoms with Crippen molar-refractivity contribution in [3.8, 4) is 0 Å². The van der Waals surface area contributed by atoms with Gasteiger partial charge in [0, 0.05) is 38.0 Å². The van der Waals surface area contributed by atoms with Gasteiger partial charge in [0.1, 0.15) is 18.0 Å².